The fourth-order valence-electron chi connectivity index (χ4n) is 1.34. The Labute approximate surface area is 106 Å². The Bertz CT molecular complexity index is 391. The van der Waals surface area contributed by atoms with Gasteiger partial charge in [0.15, 0.2) is 0 Å². The second-order valence-corrected chi connectivity index (χ2v) is 3.99. The van der Waals surface area contributed by atoms with Crippen LogP contribution in [0.2, 0.25) is 0 Å². The highest BCUT2D eigenvalue weighted by Crippen LogP contribution is 2.04. The molecule has 0 aromatic heterocycles. The first-order valence-electron chi connectivity index (χ1n) is 5.81. The van der Waals surface area contributed by atoms with Crippen molar-refractivity contribution < 1.29 is 19.5 Å². The quantitative estimate of drug-likeness (QED) is 0.719. The smallest absolute Gasteiger partial charge is 0.324 e. The maximum absolute atomic E-state index is 11.3. The monoisotopic (exact) mass is 251 g/mol. The third-order valence-electron chi connectivity index (χ3n) is 2.41. The lowest BCUT2D eigenvalue weighted by Gasteiger charge is -2.08. The van der Waals surface area contributed by atoms with Crippen LogP contribution in [0.5, 0.6) is 0 Å². The summed E-state index contributed by atoms with van der Waals surface area (Å²) < 4.78 is 0. The molecule has 1 atom stereocenters. The lowest BCUT2D eigenvalue weighted by Crippen LogP contribution is -2.35. The molecule has 1 aromatic rings. The molecule has 0 aliphatic heterocycles. The Hall–Kier alpha value is -1.88. The Morgan fingerprint density at radius 2 is 2.00 bits per heavy atom. The van der Waals surface area contributed by atoms with Crippen molar-refractivity contribution in [2.24, 2.45) is 0 Å². The number of carbonyl (C=O) groups excluding carboxylic acids is 1. The third kappa shape index (κ3) is 5.45. The highest BCUT2D eigenvalue weighted by Gasteiger charge is 2.12. The minimum absolute atomic E-state index is 0.258. The number of hydroxylamine groups is 1. The largest absolute Gasteiger partial charge is 0.480 e. The van der Waals surface area contributed by atoms with Crippen LogP contribution in [0.25, 0.3) is 0 Å². The van der Waals surface area contributed by atoms with Gasteiger partial charge in [0.2, 0.25) is 0 Å². The predicted octanol–water partition coefficient (Wildman–Crippen LogP) is 1.53. The maximum atomic E-state index is 11.3. The van der Waals surface area contributed by atoms with Crippen LogP contribution in [-0.2, 0) is 20.8 Å². The molecule has 0 heterocycles. The molecule has 0 spiro atoms. The SMILES string of the molecule is C[C@H](NOC(=O)CCCc1ccccc1)C(=O)O. The third-order valence-corrected chi connectivity index (χ3v) is 2.41. The van der Waals surface area contributed by atoms with E-state index >= 15 is 0 Å². The van der Waals surface area contributed by atoms with Crippen molar-refractivity contribution >= 4 is 11.9 Å². The molecule has 1 aromatic carbocycles. The van der Waals surface area contributed by atoms with Crippen molar-refractivity contribution in [3.63, 3.8) is 0 Å². The molecule has 98 valence electrons. The standard InChI is InChI=1S/C13H17NO4/c1-10(13(16)17)14-18-12(15)9-5-8-11-6-3-2-4-7-11/h2-4,6-7,10,14H,5,8-9H2,1H3,(H,16,17)/t10-/m0/s1. The lowest BCUT2D eigenvalue weighted by atomic mass is 10.1. The van der Waals surface area contributed by atoms with E-state index in [-0.39, 0.29) is 6.42 Å². The van der Waals surface area contributed by atoms with E-state index in [0.29, 0.717) is 6.42 Å². The van der Waals surface area contributed by atoms with Crippen LogP contribution in [0.4, 0.5) is 0 Å². The Morgan fingerprint density at radius 1 is 1.33 bits per heavy atom. The van der Waals surface area contributed by atoms with Gasteiger partial charge in [-0.05, 0) is 25.3 Å². The average molecular weight is 251 g/mol. The van der Waals surface area contributed by atoms with E-state index in [2.05, 4.69) is 10.3 Å². The first kappa shape index (κ1) is 14.2. The minimum atomic E-state index is -1.06. The van der Waals surface area contributed by atoms with Gasteiger partial charge in [-0.2, -0.15) is 0 Å². The molecular formula is C13H17NO4. The second kappa shape index (κ2) is 7.45. The predicted molar refractivity (Wildman–Crippen MR) is 65.7 cm³/mol. The van der Waals surface area contributed by atoms with Crippen LogP contribution < -0.4 is 5.48 Å². The van der Waals surface area contributed by atoms with Gasteiger partial charge in [-0.15, -0.1) is 5.48 Å². The van der Waals surface area contributed by atoms with Crippen LogP contribution in [0, 0.1) is 0 Å². The van der Waals surface area contributed by atoms with Crippen molar-refractivity contribution in [1.82, 2.24) is 5.48 Å². The second-order valence-electron chi connectivity index (χ2n) is 3.99. The number of rotatable bonds is 7. The van der Waals surface area contributed by atoms with E-state index in [4.69, 9.17) is 5.11 Å². The molecule has 0 saturated heterocycles. The maximum Gasteiger partial charge on any atom is 0.324 e. The van der Waals surface area contributed by atoms with Crippen LogP contribution in [0.15, 0.2) is 30.3 Å². The van der Waals surface area contributed by atoms with Gasteiger partial charge in [-0.25, -0.2) is 0 Å². The molecule has 0 unspecified atom stereocenters. The van der Waals surface area contributed by atoms with Gasteiger partial charge in [0.1, 0.15) is 6.04 Å². The van der Waals surface area contributed by atoms with E-state index in [1.807, 2.05) is 30.3 Å². The lowest BCUT2D eigenvalue weighted by molar-refractivity contribution is -0.157. The summed E-state index contributed by atoms with van der Waals surface area (Å²) in [5.41, 5.74) is 3.35. The summed E-state index contributed by atoms with van der Waals surface area (Å²) in [4.78, 5) is 26.4. The molecule has 0 radical (unpaired) electrons. The van der Waals surface area contributed by atoms with E-state index in [9.17, 15) is 9.59 Å². The van der Waals surface area contributed by atoms with E-state index in [1.165, 1.54) is 6.92 Å². The molecule has 0 fully saturated rings. The Balaban J connectivity index is 2.16. The minimum Gasteiger partial charge on any atom is -0.480 e. The van der Waals surface area contributed by atoms with Crippen molar-refractivity contribution in [3.05, 3.63) is 35.9 Å². The van der Waals surface area contributed by atoms with Crippen LogP contribution in [0.3, 0.4) is 0 Å². The molecule has 5 heteroatoms. The molecule has 0 aliphatic rings. The molecular weight excluding hydrogens is 234 g/mol. The summed E-state index contributed by atoms with van der Waals surface area (Å²) in [6.07, 6.45) is 1.73. The summed E-state index contributed by atoms with van der Waals surface area (Å²) >= 11 is 0. The number of carboxylic acids is 1. The number of benzene rings is 1. The highest BCUT2D eigenvalue weighted by molar-refractivity contribution is 5.73. The Morgan fingerprint density at radius 3 is 2.61 bits per heavy atom. The summed E-state index contributed by atoms with van der Waals surface area (Å²) in [6, 6.07) is 8.93. The number of carbonyl (C=O) groups is 2. The molecule has 5 nitrogen and oxygen atoms in total. The van der Waals surface area contributed by atoms with E-state index in [0.717, 1.165) is 12.0 Å². The van der Waals surface area contributed by atoms with E-state index < -0.39 is 18.0 Å². The van der Waals surface area contributed by atoms with Gasteiger partial charge >= 0.3 is 11.9 Å². The van der Waals surface area contributed by atoms with Gasteiger partial charge in [0.25, 0.3) is 0 Å². The van der Waals surface area contributed by atoms with Gasteiger partial charge in [0, 0.05) is 6.42 Å². The number of carboxylic acid groups (broad SMARTS) is 1. The van der Waals surface area contributed by atoms with Crippen molar-refractivity contribution in [2.75, 3.05) is 0 Å². The van der Waals surface area contributed by atoms with Gasteiger partial charge < -0.3 is 9.94 Å². The fourth-order valence-corrected chi connectivity index (χ4v) is 1.34. The number of hydrogen-bond acceptors (Lipinski definition) is 4. The average Bonchev–Trinajstić information content (AvgIpc) is 2.37. The topological polar surface area (TPSA) is 75.6 Å². The molecule has 1 rings (SSSR count). The first-order chi connectivity index (χ1) is 8.59. The van der Waals surface area contributed by atoms with Crippen LogP contribution >= 0.6 is 0 Å². The number of hydrogen-bond donors (Lipinski definition) is 2. The number of aryl methyl sites for hydroxylation is 1. The zero-order valence-electron chi connectivity index (χ0n) is 10.3. The summed E-state index contributed by atoms with van der Waals surface area (Å²) in [5.74, 6) is -1.51. The van der Waals surface area contributed by atoms with Crippen LogP contribution in [0.1, 0.15) is 25.3 Å². The zero-order valence-corrected chi connectivity index (χ0v) is 10.3. The van der Waals surface area contributed by atoms with Crippen LogP contribution in [-0.4, -0.2) is 23.1 Å². The molecule has 0 bridgehead atoms. The number of aliphatic carboxylic acids is 1. The zero-order chi connectivity index (χ0) is 13.4. The normalized spacial score (nSPS) is 11.8. The summed E-state index contributed by atoms with van der Waals surface area (Å²) in [5, 5.41) is 8.57. The Kier molecular flexibility index (Phi) is 5.87. The van der Waals surface area contributed by atoms with Gasteiger partial charge in [-0.1, -0.05) is 30.3 Å². The molecule has 0 aliphatic carbocycles. The van der Waals surface area contributed by atoms with Crippen molar-refractivity contribution in [3.8, 4) is 0 Å². The fraction of sp³-hybridized carbons (Fsp3) is 0.385. The van der Waals surface area contributed by atoms with Gasteiger partial charge in [0.05, 0.1) is 0 Å². The van der Waals surface area contributed by atoms with Crippen molar-refractivity contribution in [2.45, 2.75) is 32.2 Å². The molecule has 18 heavy (non-hydrogen) atoms. The van der Waals surface area contributed by atoms with E-state index in [1.54, 1.807) is 0 Å². The highest BCUT2D eigenvalue weighted by atomic mass is 16.7. The first-order valence-corrected chi connectivity index (χ1v) is 5.81. The summed E-state index contributed by atoms with van der Waals surface area (Å²) in [7, 11) is 0. The molecule has 0 saturated carbocycles. The molecule has 2 N–H and O–H groups in total. The number of nitrogens with one attached hydrogen (secondary N) is 1. The summed E-state index contributed by atoms with van der Waals surface area (Å²) in [6.45, 7) is 1.40. The molecule has 0 amide bonds. The van der Waals surface area contributed by atoms with Crippen molar-refractivity contribution in [1.29, 1.82) is 0 Å². The van der Waals surface area contributed by atoms with Gasteiger partial charge in [-0.3, -0.25) is 9.59 Å².